The van der Waals surface area contributed by atoms with Gasteiger partial charge in [-0.2, -0.15) is 0 Å². The van der Waals surface area contributed by atoms with Crippen LogP contribution < -0.4 is 9.62 Å². The zero-order valence-electron chi connectivity index (χ0n) is 14.6. The lowest BCUT2D eigenvalue weighted by molar-refractivity contribution is -0.121. The second-order valence-electron chi connectivity index (χ2n) is 6.47. The first kappa shape index (κ1) is 19.7. The predicted octanol–water partition coefficient (Wildman–Crippen LogP) is 0.763. The van der Waals surface area contributed by atoms with E-state index >= 15 is 0 Å². The molecule has 1 heterocycles. The number of carbonyl (C=O) groups is 1. The van der Waals surface area contributed by atoms with Gasteiger partial charge >= 0.3 is 0 Å². The molecule has 7 nitrogen and oxygen atoms in total. The van der Waals surface area contributed by atoms with E-state index < -0.39 is 19.9 Å². The highest BCUT2D eigenvalue weighted by Crippen LogP contribution is 2.25. The molecule has 1 atom stereocenters. The van der Waals surface area contributed by atoms with Gasteiger partial charge in [0.2, 0.25) is 15.9 Å². The highest BCUT2D eigenvalue weighted by molar-refractivity contribution is 7.92. The van der Waals surface area contributed by atoms with E-state index in [9.17, 15) is 21.6 Å². The lowest BCUT2D eigenvalue weighted by Gasteiger charge is -2.25. The van der Waals surface area contributed by atoms with E-state index in [0.717, 1.165) is 17.4 Å². The van der Waals surface area contributed by atoms with Crippen LogP contribution in [0.4, 0.5) is 5.69 Å². The summed E-state index contributed by atoms with van der Waals surface area (Å²) in [6.45, 7) is 3.74. The molecule has 1 fully saturated rings. The highest BCUT2D eigenvalue weighted by atomic mass is 32.2. The van der Waals surface area contributed by atoms with Gasteiger partial charge in [0.25, 0.3) is 0 Å². The molecule has 2 rings (SSSR count). The van der Waals surface area contributed by atoms with Crippen molar-refractivity contribution in [3.05, 3.63) is 29.3 Å². The number of aryl methyl sites for hydroxylation is 1. The maximum Gasteiger partial charge on any atom is 0.232 e. The molecule has 1 aliphatic rings. The Morgan fingerprint density at radius 1 is 1.32 bits per heavy atom. The van der Waals surface area contributed by atoms with E-state index in [2.05, 4.69) is 5.32 Å². The zero-order chi connectivity index (χ0) is 18.8. The molecule has 0 aromatic heterocycles. The highest BCUT2D eigenvalue weighted by Gasteiger charge is 2.29. The molecular weight excluding hydrogens is 364 g/mol. The number of sulfone groups is 1. The molecule has 0 aliphatic carbocycles. The number of benzene rings is 1. The zero-order valence-corrected chi connectivity index (χ0v) is 16.3. The standard InChI is InChI=1S/C16H24N2O5S2/c1-12-5-4-6-15(13(12)2)18(24(3,20)21)9-7-16(19)17-14-8-10-25(22,23)11-14/h4-6,14H,7-11H2,1-3H3,(H,17,19). The van der Waals surface area contributed by atoms with Crippen molar-refractivity contribution in [2.45, 2.75) is 32.7 Å². The molecule has 1 aromatic rings. The Labute approximate surface area is 149 Å². The van der Waals surface area contributed by atoms with Crippen LogP contribution in [-0.4, -0.2) is 53.1 Å². The molecule has 9 heteroatoms. The number of hydrogen-bond donors (Lipinski definition) is 1. The number of nitrogens with zero attached hydrogens (tertiary/aromatic N) is 1. The fourth-order valence-electron chi connectivity index (χ4n) is 2.88. The molecule has 1 amide bonds. The first-order valence-corrected chi connectivity index (χ1v) is 11.7. The second kappa shape index (κ2) is 7.33. The number of carbonyl (C=O) groups excluding carboxylic acids is 1. The van der Waals surface area contributed by atoms with Crippen LogP contribution in [0.25, 0.3) is 0 Å². The van der Waals surface area contributed by atoms with Crippen molar-refractivity contribution in [3.63, 3.8) is 0 Å². The van der Waals surface area contributed by atoms with Gasteiger partial charge in [-0.1, -0.05) is 12.1 Å². The fourth-order valence-corrected chi connectivity index (χ4v) is 5.53. The van der Waals surface area contributed by atoms with Crippen molar-refractivity contribution >= 4 is 31.5 Å². The van der Waals surface area contributed by atoms with Gasteiger partial charge in [0.05, 0.1) is 23.4 Å². The normalized spacial score (nSPS) is 19.6. The van der Waals surface area contributed by atoms with Crippen LogP contribution in [-0.2, 0) is 24.7 Å². The van der Waals surface area contributed by atoms with E-state index in [-0.39, 0.29) is 36.4 Å². The summed E-state index contributed by atoms with van der Waals surface area (Å²) >= 11 is 0. The van der Waals surface area contributed by atoms with E-state index in [1.54, 1.807) is 12.1 Å². The molecule has 0 bridgehead atoms. The van der Waals surface area contributed by atoms with Gasteiger partial charge in [0.1, 0.15) is 0 Å². The van der Waals surface area contributed by atoms with Crippen LogP contribution in [0.1, 0.15) is 24.0 Å². The molecular formula is C16H24N2O5S2. The van der Waals surface area contributed by atoms with Crippen molar-refractivity contribution < 1.29 is 21.6 Å². The number of anilines is 1. The Hall–Kier alpha value is -1.61. The van der Waals surface area contributed by atoms with Crippen molar-refractivity contribution in [3.8, 4) is 0 Å². The molecule has 1 unspecified atom stereocenters. The topological polar surface area (TPSA) is 101 Å². The first-order chi connectivity index (χ1) is 11.5. The summed E-state index contributed by atoms with van der Waals surface area (Å²) in [5.41, 5.74) is 2.36. The second-order valence-corrected chi connectivity index (χ2v) is 10.6. The van der Waals surface area contributed by atoms with E-state index in [1.807, 2.05) is 19.9 Å². The Kier molecular flexibility index (Phi) is 5.78. The summed E-state index contributed by atoms with van der Waals surface area (Å²) in [7, 11) is -6.61. The SMILES string of the molecule is Cc1cccc(N(CCC(=O)NC2CCS(=O)(=O)C2)S(C)(=O)=O)c1C. The summed E-state index contributed by atoms with van der Waals surface area (Å²) in [5, 5.41) is 2.68. The maximum absolute atomic E-state index is 12.2. The molecule has 1 N–H and O–H groups in total. The van der Waals surface area contributed by atoms with Gasteiger partial charge in [-0.3, -0.25) is 9.10 Å². The molecule has 1 aliphatic heterocycles. The van der Waals surface area contributed by atoms with Crippen molar-refractivity contribution in [2.75, 3.05) is 28.6 Å². The summed E-state index contributed by atoms with van der Waals surface area (Å²) < 4.78 is 48.4. The molecule has 25 heavy (non-hydrogen) atoms. The fraction of sp³-hybridized carbons (Fsp3) is 0.562. The Bertz CT molecular complexity index is 863. The van der Waals surface area contributed by atoms with Gasteiger partial charge in [-0.05, 0) is 37.5 Å². The van der Waals surface area contributed by atoms with E-state index in [1.165, 1.54) is 4.31 Å². The summed E-state index contributed by atoms with van der Waals surface area (Å²) in [4.78, 5) is 12.1. The summed E-state index contributed by atoms with van der Waals surface area (Å²) in [5.74, 6) is -0.317. The van der Waals surface area contributed by atoms with Crippen molar-refractivity contribution in [1.82, 2.24) is 5.32 Å². The maximum atomic E-state index is 12.2. The predicted molar refractivity (Wildman–Crippen MR) is 97.9 cm³/mol. The van der Waals surface area contributed by atoms with Crippen LogP contribution in [0.15, 0.2) is 18.2 Å². The van der Waals surface area contributed by atoms with Crippen LogP contribution >= 0.6 is 0 Å². The average molecular weight is 389 g/mol. The monoisotopic (exact) mass is 388 g/mol. The number of sulfonamides is 1. The molecule has 1 aromatic carbocycles. The van der Waals surface area contributed by atoms with E-state index in [0.29, 0.717) is 12.1 Å². The van der Waals surface area contributed by atoms with Crippen LogP contribution in [0, 0.1) is 13.8 Å². The third kappa shape index (κ3) is 5.18. The smallest absolute Gasteiger partial charge is 0.232 e. The van der Waals surface area contributed by atoms with Crippen LogP contribution in [0.5, 0.6) is 0 Å². The minimum absolute atomic E-state index is 0.00836. The number of hydrogen-bond acceptors (Lipinski definition) is 5. The number of rotatable bonds is 6. The van der Waals surface area contributed by atoms with Crippen LogP contribution in [0.2, 0.25) is 0 Å². The van der Waals surface area contributed by atoms with E-state index in [4.69, 9.17) is 0 Å². The number of nitrogens with one attached hydrogen (secondary N) is 1. The van der Waals surface area contributed by atoms with Gasteiger partial charge in [-0.25, -0.2) is 16.8 Å². The minimum Gasteiger partial charge on any atom is -0.352 e. The minimum atomic E-state index is -3.54. The summed E-state index contributed by atoms with van der Waals surface area (Å²) in [6.07, 6.45) is 1.48. The molecule has 0 radical (unpaired) electrons. The van der Waals surface area contributed by atoms with Gasteiger partial charge in [0.15, 0.2) is 9.84 Å². The molecule has 0 spiro atoms. The molecule has 1 saturated heterocycles. The van der Waals surface area contributed by atoms with Gasteiger partial charge in [-0.15, -0.1) is 0 Å². The van der Waals surface area contributed by atoms with Gasteiger partial charge in [0, 0.05) is 19.0 Å². The first-order valence-electron chi connectivity index (χ1n) is 8.03. The van der Waals surface area contributed by atoms with Crippen molar-refractivity contribution in [1.29, 1.82) is 0 Å². The van der Waals surface area contributed by atoms with Crippen molar-refractivity contribution in [2.24, 2.45) is 0 Å². The quantitative estimate of drug-likeness (QED) is 0.775. The van der Waals surface area contributed by atoms with Crippen LogP contribution in [0.3, 0.4) is 0 Å². The Balaban J connectivity index is 2.06. The Morgan fingerprint density at radius 2 is 2.00 bits per heavy atom. The Morgan fingerprint density at radius 3 is 2.56 bits per heavy atom. The van der Waals surface area contributed by atoms with Gasteiger partial charge < -0.3 is 5.32 Å². The molecule has 140 valence electrons. The third-order valence-electron chi connectivity index (χ3n) is 4.38. The summed E-state index contributed by atoms with van der Waals surface area (Å²) in [6, 6.07) is 5.00. The lowest BCUT2D eigenvalue weighted by atomic mass is 10.1. The third-order valence-corrected chi connectivity index (χ3v) is 7.33. The average Bonchev–Trinajstić information content (AvgIpc) is 2.81. The lowest BCUT2D eigenvalue weighted by Crippen LogP contribution is -2.39. The molecule has 0 saturated carbocycles. The largest absolute Gasteiger partial charge is 0.352 e. The number of amides is 1.